The second-order valence-corrected chi connectivity index (χ2v) is 4.24. The lowest BCUT2D eigenvalue weighted by Gasteiger charge is -2.19. The van der Waals surface area contributed by atoms with Crippen LogP contribution in [0, 0.1) is 0 Å². The summed E-state index contributed by atoms with van der Waals surface area (Å²) in [6.45, 7) is 0. The molecule has 3 N–H and O–H groups in total. The predicted octanol–water partition coefficient (Wildman–Crippen LogP) is 2.47. The van der Waals surface area contributed by atoms with Crippen LogP contribution >= 0.6 is 11.6 Å². The standard InChI is InChI=1S/C13H13ClN2O/c14-11-5-3-9(4-6-11)13(17)12(15)10-2-1-7-16-8-10/h1-8,12-13,17H,15H2. The summed E-state index contributed by atoms with van der Waals surface area (Å²) >= 11 is 5.79. The summed E-state index contributed by atoms with van der Waals surface area (Å²) in [7, 11) is 0. The molecule has 0 aliphatic rings. The van der Waals surface area contributed by atoms with Crippen molar-refractivity contribution in [3.05, 3.63) is 64.9 Å². The summed E-state index contributed by atoms with van der Waals surface area (Å²) in [5, 5.41) is 10.8. The topological polar surface area (TPSA) is 59.1 Å². The molecule has 0 aliphatic carbocycles. The number of nitrogens with two attached hydrogens (primary N) is 1. The number of nitrogens with zero attached hydrogens (tertiary/aromatic N) is 1. The Hall–Kier alpha value is -1.42. The molecule has 2 rings (SSSR count). The van der Waals surface area contributed by atoms with E-state index in [9.17, 15) is 5.11 Å². The van der Waals surface area contributed by atoms with Crippen molar-refractivity contribution in [2.45, 2.75) is 12.1 Å². The van der Waals surface area contributed by atoms with Crippen molar-refractivity contribution in [2.75, 3.05) is 0 Å². The van der Waals surface area contributed by atoms with E-state index < -0.39 is 12.1 Å². The Balaban J connectivity index is 2.20. The second kappa shape index (κ2) is 5.27. The number of hydrogen-bond acceptors (Lipinski definition) is 3. The molecule has 0 spiro atoms. The number of pyridine rings is 1. The van der Waals surface area contributed by atoms with Crippen molar-refractivity contribution in [1.82, 2.24) is 4.98 Å². The van der Waals surface area contributed by atoms with Crippen LogP contribution in [0.15, 0.2) is 48.8 Å². The van der Waals surface area contributed by atoms with Gasteiger partial charge in [-0.05, 0) is 29.3 Å². The molecule has 0 aliphatic heterocycles. The zero-order valence-corrected chi connectivity index (χ0v) is 9.88. The van der Waals surface area contributed by atoms with Gasteiger partial charge in [0.1, 0.15) is 0 Å². The number of aromatic nitrogens is 1. The Morgan fingerprint density at radius 2 is 1.82 bits per heavy atom. The zero-order valence-electron chi connectivity index (χ0n) is 9.12. The zero-order chi connectivity index (χ0) is 12.3. The average Bonchev–Trinajstić information content (AvgIpc) is 2.39. The van der Waals surface area contributed by atoms with Crippen LogP contribution in [0.5, 0.6) is 0 Å². The molecule has 2 unspecified atom stereocenters. The first-order valence-corrected chi connectivity index (χ1v) is 5.65. The van der Waals surface area contributed by atoms with Crippen LogP contribution in [0.3, 0.4) is 0 Å². The lowest BCUT2D eigenvalue weighted by atomic mass is 9.98. The first kappa shape index (κ1) is 12.0. The minimum absolute atomic E-state index is 0.495. The van der Waals surface area contributed by atoms with E-state index in [1.165, 1.54) is 0 Å². The first-order valence-electron chi connectivity index (χ1n) is 5.27. The van der Waals surface area contributed by atoms with E-state index in [2.05, 4.69) is 4.98 Å². The minimum Gasteiger partial charge on any atom is -0.386 e. The van der Waals surface area contributed by atoms with Crippen LogP contribution in [0.1, 0.15) is 23.3 Å². The van der Waals surface area contributed by atoms with Gasteiger partial charge in [0.15, 0.2) is 0 Å². The molecule has 0 radical (unpaired) electrons. The summed E-state index contributed by atoms with van der Waals surface area (Å²) in [5.74, 6) is 0. The normalized spacial score (nSPS) is 14.3. The molecule has 1 heterocycles. The molecule has 4 heteroatoms. The molecule has 2 atom stereocenters. The first-order chi connectivity index (χ1) is 8.18. The Labute approximate surface area is 105 Å². The van der Waals surface area contributed by atoms with Gasteiger partial charge < -0.3 is 10.8 Å². The van der Waals surface area contributed by atoms with Gasteiger partial charge in [-0.15, -0.1) is 0 Å². The van der Waals surface area contributed by atoms with Gasteiger partial charge in [0.05, 0.1) is 12.1 Å². The number of halogens is 1. The van der Waals surface area contributed by atoms with Crippen molar-refractivity contribution >= 4 is 11.6 Å². The Bertz CT molecular complexity index is 473. The number of aliphatic hydroxyl groups excluding tert-OH is 1. The van der Waals surface area contributed by atoms with Crippen molar-refractivity contribution < 1.29 is 5.11 Å². The van der Waals surface area contributed by atoms with E-state index in [4.69, 9.17) is 17.3 Å². The maximum Gasteiger partial charge on any atom is 0.0983 e. The van der Waals surface area contributed by atoms with E-state index in [-0.39, 0.29) is 0 Å². The molecule has 2 aromatic rings. The molecule has 0 amide bonds. The highest BCUT2D eigenvalue weighted by Crippen LogP contribution is 2.26. The predicted molar refractivity (Wildman–Crippen MR) is 67.6 cm³/mol. The van der Waals surface area contributed by atoms with Crippen molar-refractivity contribution in [3.63, 3.8) is 0 Å². The third-order valence-corrected chi connectivity index (χ3v) is 2.87. The molecule has 0 saturated heterocycles. The number of hydrogen-bond donors (Lipinski definition) is 2. The van der Waals surface area contributed by atoms with Gasteiger partial charge in [0, 0.05) is 17.4 Å². The fourth-order valence-electron chi connectivity index (χ4n) is 1.62. The summed E-state index contributed by atoms with van der Waals surface area (Å²) in [6.07, 6.45) is 2.56. The van der Waals surface area contributed by atoms with Gasteiger partial charge in [-0.3, -0.25) is 4.98 Å². The van der Waals surface area contributed by atoms with Gasteiger partial charge in [-0.25, -0.2) is 0 Å². The second-order valence-electron chi connectivity index (χ2n) is 3.81. The Morgan fingerprint density at radius 1 is 1.12 bits per heavy atom. The lowest BCUT2D eigenvalue weighted by molar-refractivity contribution is 0.147. The van der Waals surface area contributed by atoms with E-state index in [0.29, 0.717) is 5.02 Å². The third kappa shape index (κ3) is 2.82. The highest BCUT2D eigenvalue weighted by Gasteiger charge is 2.18. The molecule has 0 saturated carbocycles. The summed E-state index contributed by atoms with van der Waals surface area (Å²) in [5.41, 5.74) is 7.53. The van der Waals surface area contributed by atoms with Gasteiger partial charge in [0.25, 0.3) is 0 Å². The number of benzene rings is 1. The van der Waals surface area contributed by atoms with Crippen LogP contribution in [-0.2, 0) is 0 Å². The molecule has 0 bridgehead atoms. The van der Waals surface area contributed by atoms with Gasteiger partial charge >= 0.3 is 0 Å². The van der Waals surface area contributed by atoms with Crippen LogP contribution in [-0.4, -0.2) is 10.1 Å². The maximum atomic E-state index is 10.1. The molecule has 1 aromatic heterocycles. The average molecular weight is 249 g/mol. The molecule has 0 fully saturated rings. The highest BCUT2D eigenvalue weighted by atomic mass is 35.5. The molecule has 17 heavy (non-hydrogen) atoms. The van der Waals surface area contributed by atoms with Crippen LogP contribution in [0.2, 0.25) is 5.02 Å². The smallest absolute Gasteiger partial charge is 0.0983 e. The van der Waals surface area contributed by atoms with Crippen molar-refractivity contribution in [1.29, 1.82) is 0 Å². The van der Waals surface area contributed by atoms with E-state index in [1.54, 1.807) is 42.7 Å². The quantitative estimate of drug-likeness (QED) is 0.877. The molecule has 1 aromatic carbocycles. The summed E-state index contributed by atoms with van der Waals surface area (Å²) < 4.78 is 0. The SMILES string of the molecule is NC(c1cccnc1)C(O)c1ccc(Cl)cc1. The van der Waals surface area contributed by atoms with E-state index in [1.807, 2.05) is 6.07 Å². The third-order valence-electron chi connectivity index (χ3n) is 2.62. The summed E-state index contributed by atoms with van der Waals surface area (Å²) in [4.78, 5) is 3.98. The van der Waals surface area contributed by atoms with Gasteiger partial charge in [-0.2, -0.15) is 0 Å². The Kier molecular flexibility index (Phi) is 3.74. The maximum absolute atomic E-state index is 10.1. The van der Waals surface area contributed by atoms with Crippen LogP contribution in [0.4, 0.5) is 0 Å². The fraction of sp³-hybridized carbons (Fsp3) is 0.154. The number of aliphatic hydroxyl groups is 1. The van der Waals surface area contributed by atoms with E-state index >= 15 is 0 Å². The highest BCUT2D eigenvalue weighted by molar-refractivity contribution is 6.30. The molecule has 88 valence electrons. The lowest BCUT2D eigenvalue weighted by Crippen LogP contribution is -2.19. The molecule has 3 nitrogen and oxygen atoms in total. The molecular formula is C13H13ClN2O. The van der Waals surface area contributed by atoms with Crippen molar-refractivity contribution in [2.24, 2.45) is 5.73 Å². The van der Waals surface area contributed by atoms with E-state index in [0.717, 1.165) is 11.1 Å². The molecular weight excluding hydrogens is 236 g/mol. The minimum atomic E-state index is -0.767. The van der Waals surface area contributed by atoms with Crippen LogP contribution in [0.25, 0.3) is 0 Å². The fourth-order valence-corrected chi connectivity index (χ4v) is 1.75. The Morgan fingerprint density at radius 3 is 2.41 bits per heavy atom. The van der Waals surface area contributed by atoms with Crippen molar-refractivity contribution in [3.8, 4) is 0 Å². The largest absolute Gasteiger partial charge is 0.386 e. The summed E-state index contributed by atoms with van der Waals surface area (Å²) in [6, 6.07) is 10.1. The monoisotopic (exact) mass is 248 g/mol. The van der Waals surface area contributed by atoms with Gasteiger partial charge in [0.2, 0.25) is 0 Å². The number of rotatable bonds is 3. The van der Waals surface area contributed by atoms with Crippen LogP contribution < -0.4 is 5.73 Å². The van der Waals surface area contributed by atoms with Gasteiger partial charge in [-0.1, -0.05) is 29.8 Å².